The average molecular weight is 292 g/mol. The minimum Gasteiger partial charge on any atom is -0.495 e. The second-order valence-corrected chi connectivity index (χ2v) is 5.37. The van der Waals surface area contributed by atoms with Crippen LogP contribution in [0.25, 0.3) is 0 Å². The van der Waals surface area contributed by atoms with Gasteiger partial charge in [-0.25, -0.2) is 0 Å². The Morgan fingerprint density at radius 1 is 1.33 bits per heavy atom. The fourth-order valence-corrected chi connectivity index (χ4v) is 2.18. The maximum Gasteiger partial charge on any atom is 0.142 e. The molecule has 2 N–H and O–H groups in total. The number of benzene rings is 1. The van der Waals surface area contributed by atoms with Crippen molar-refractivity contribution in [2.75, 3.05) is 13.7 Å². The normalized spacial score (nSPS) is 12.8. The van der Waals surface area contributed by atoms with Gasteiger partial charge in [-0.2, -0.15) is 0 Å². The molecule has 0 spiro atoms. The van der Waals surface area contributed by atoms with E-state index in [0.29, 0.717) is 28.9 Å². The summed E-state index contributed by atoms with van der Waals surface area (Å²) >= 11 is 12.0. The Bertz CT molecular complexity index is 397. The van der Waals surface area contributed by atoms with E-state index in [1.807, 2.05) is 13.8 Å². The number of aliphatic hydroxyl groups excluding tert-OH is 1. The standard InChI is InChI=1S/C13H19Cl2NO2/c1-8(2)12(17)7-16-6-9-4-10(14)5-11(15)13(9)18-3/h4-5,8,12,16-17H,6-7H2,1-3H3. The first-order chi connectivity index (χ1) is 8.45. The minimum absolute atomic E-state index is 0.224. The van der Waals surface area contributed by atoms with Crippen molar-refractivity contribution in [2.24, 2.45) is 5.92 Å². The highest BCUT2D eigenvalue weighted by Gasteiger charge is 2.12. The van der Waals surface area contributed by atoms with Gasteiger partial charge in [0.05, 0.1) is 18.2 Å². The molecular weight excluding hydrogens is 273 g/mol. The highest BCUT2D eigenvalue weighted by Crippen LogP contribution is 2.32. The van der Waals surface area contributed by atoms with Crippen molar-refractivity contribution < 1.29 is 9.84 Å². The monoisotopic (exact) mass is 291 g/mol. The van der Waals surface area contributed by atoms with E-state index in [0.717, 1.165) is 5.56 Å². The lowest BCUT2D eigenvalue weighted by Gasteiger charge is -2.16. The molecule has 1 atom stereocenters. The van der Waals surface area contributed by atoms with Gasteiger partial charge < -0.3 is 15.2 Å². The van der Waals surface area contributed by atoms with E-state index in [9.17, 15) is 5.11 Å². The Hall–Kier alpha value is -0.480. The van der Waals surface area contributed by atoms with E-state index >= 15 is 0 Å². The van der Waals surface area contributed by atoms with Gasteiger partial charge in [0.15, 0.2) is 0 Å². The molecule has 18 heavy (non-hydrogen) atoms. The molecule has 0 saturated carbocycles. The molecule has 0 bridgehead atoms. The van der Waals surface area contributed by atoms with Crippen molar-refractivity contribution in [3.63, 3.8) is 0 Å². The number of nitrogens with one attached hydrogen (secondary N) is 1. The number of halogens is 2. The van der Waals surface area contributed by atoms with Crippen LogP contribution in [0.2, 0.25) is 10.0 Å². The first-order valence-corrected chi connectivity index (χ1v) is 6.62. The van der Waals surface area contributed by atoms with E-state index in [1.165, 1.54) is 0 Å². The summed E-state index contributed by atoms with van der Waals surface area (Å²) in [5.41, 5.74) is 0.881. The van der Waals surface area contributed by atoms with Crippen LogP contribution >= 0.6 is 23.2 Å². The molecule has 1 aromatic rings. The molecule has 0 radical (unpaired) electrons. The lowest BCUT2D eigenvalue weighted by molar-refractivity contribution is 0.123. The summed E-state index contributed by atoms with van der Waals surface area (Å²) in [6.07, 6.45) is -0.370. The fourth-order valence-electron chi connectivity index (χ4n) is 1.56. The van der Waals surface area contributed by atoms with Crippen molar-refractivity contribution in [1.29, 1.82) is 0 Å². The van der Waals surface area contributed by atoms with E-state index in [2.05, 4.69) is 5.32 Å². The number of rotatable bonds is 6. The first kappa shape index (κ1) is 15.6. The molecule has 0 aliphatic heterocycles. The highest BCUT2D eigenvalue weighted by atomic mass is 35.5. The quantitative estimate of drug-likeness (QED) is 0.846. The van der Waals surface area contributed by atoms with Gasteiger partial charge in [-0.1, -0.05) is 37.0 Å². The van der Waals surface area contributed by atoms with Crippen LogP contribution in [0.3, 0.4) is 0 Å². The van der Waals surface area contributed by atoms with Gasteiger partial charge in [0, 0.05) is 23.7 Å². The van der Waals surface area contributed by atoms with Crippen molar-refractivity contribution in [2.45, 2.75) is 26.5 Å². The van der Waals surface area contributed by atoms with Crippen LogP contribution in [-0.2, 0) is 6.54 Å². The molecule has 0 aromatic heterocycles. The van der Waals surface area contributed by atoms with Crippen LogP contribution in [0, 0.1) is 5.92 Å². The number of hydrogen-bond acceptors (Lipinski definition) is 3. The summed E-state index contributed by atoms with van der Waals surface area (Å²) in [6, 6.07) is 3.45. The highest BCUT2D eigenvalue weighted by molar-refractivity contribution is 6.35. The molecule has 3 nitrogen and oxygen atoms in total. The van der Waals surface area contributed by atoms with Crippen LogP contribution in [0.15, 0.2) is 12.1 Å². The summed E-state index contributed by atoms with van der Waals surface area (Å²) in [4.78, 5) is 0. The fraction of sp³-hybridized carbons (Fsp3) is 0.538. The Kier molecular flexibility index (Phi) is 6.22. The number of aliphatic hydroxyl groups is 1. The van der Waals surface area contributed by atoms with E-state index < -0.39 is 0 Å². The third-order valence-electron chi connectivity index (χ3n) is 2.73. The Morgan fingerprint density at radius 3 is 2.56 bits per heavy atom. The second kappa shape index (κ2) is 7.19. The lowest BCUT2D eigenvalue weighted by atomic mass is 10.1. The summed E-state index contributed by atoms with van der Waals surface area (Å²) in [7, 11) is 1.57. The van der Waals surface area contributed by atoms with Gasteiger partial charge >= 0.3 is 0 Å². The Morgan fingerprint density at radius 2 is 2.00 bits per heavy atom. The third-order valence-corrected chi connectivity index (χ3v) is 3.23. The van der Waals surface area contributed by atoms with Crippen molar-refractivity contribution in [3.05, 3.63) is 27.7 Å². The second-order valence-electron chi connectivity index (χ2n) is 4.52. The average Bonchev–Trinajstić information content (AvgIpc) is 2.28. The SMILES string of the molecule is COc1c(Cl)cc(Cl)cc1CNCC(O)C(C)C. The molecule has 0 aliphatic rings. The van der Waals surface area contributed by atoms with Crippen LogP contribution in [-0.4, -0.2) is 24.9 Å². The molecule has 1 aromatic carbocycles. The predicted molar refractivity (Wildman–Crippen MR) is 75.6 cm³/mol. The predicted octanol–water partition coefficient (Wildman–Crippen LogP) is 3.11. The maximum atomic E-state index is 9.69. The molecule has 0 saturated heterocycles. The molecule has 0 heterocycles. The number of ether oxygens (including phenoxy) is 1. The summed E-state index contributed by atoms with van der Waals surface area (Å²) in [5.74, 6) is 0.843. The van der Waals surface area contributed by atoms with E-state index in [1.54, 1.807) is 19.2 Å². The van der Waals surface area contributed by atoms with Crippen LogP contribution < -0.4 is 10.1 Å². The molecule has 0 fully saturated rings. The third kappa shape index (κ3) is 4.32. The lowest BCUT2D eigenvalue weighted by Crippen LogP contribution is -2.30. The maximum absolute atomic E-state index is 9.69. The van der Waals surface area contributed by atoms with Gasteiger partial charge in [0.1, 0.15) is 5.75 Å². The smallest absolute Gasteiger partial charge is 0.142 e. The zero-order valence-electron chi connectivity index (χ0n) is 10.8. The van der Waals surface area contributed by atoms with E-state index in [4.69, 9.17) is 27.9 Å². The van der Waals surface area contributed by atoms with Crippen molar-refractivity contribution in [3.8, 4) is 5.75 Å². The Balaban J connectivity index is 2.67. The topological polar surface area (TPSA) is 41.5 Å². The van der Waals surface area contributed by atoms with Gasteiger partial charge in [-0.05, 0) is 18.1 Å². The summed E-state index contributed by atoms with van der Waals surface area (Å²) in [6.45, 7) is 5.02. The van der Waals surface area contributed by atoms with E-state index in [-0.39, 0.29) is 12.0 Å². The van der Waals surface area contributed by atoms with Gasteiger partial charge in [-0.3, -0.25) is 0 Å². The molecule has 1 rings (SSSR count). The molecule has 5 heteroatoms. The van der Waals surface area contributed by atoms with Gasteiger partial charge in [0.25, 0.3) is 0 Å². The molecule has 0 amide bonds. The summed E-state index contributed by atoms with van der Waals surface area (Å²) in [5, 5.41) is 13.9. The molecule has 102 valence electrons. The minimum atomic E-state index is -0.370. The Labute approximate surface area is 118 Å². The summed E-state index contributed by atoms with van der Waals surface area (Å²) < 4.78 is 5.24. The molecular formula is C13H19Cl2NO2. The molecule has 1 unspecified atom stereocenters. The number of hydrogen-bond donors (Lipinski definition) is 2. The molecule has 0 aliphatic carbocycles. The van der Waals surface area contributed by atoms with Gasteiger partial charge in [0.2, 0.25) is 0 Å². The van der Waals surface area contributed by atoms with Gasteiger partial charge in [-0.15, -0.1) is 0 Å². The largest absolute Gasteiger partial charge is 0.495 e. The van der Waals surface area contributed by atoms with Crippen LogP contribution in [0.4, 0.5) is 0 Å². The zero-order chi connectivity index (χ0) is 13.7. The van der Waals surface area contributed by atoms with Crippen LogP contribution in [0.5, 0.6) is 5.75 Å². The van der Waals surface area contributed by atoms with Crippen LogP contribution in [0.1, 0.15) is 19.4 Å². The number of methoxy groups -OCH3 is 1. The van der Waals surface area contributed by atoms with Crippen molar-refractivity contribution in [1.82, 2.24) is 5.32 Å². The zero-order valence-corrected chi connectivity index (χ0v) is 12.3. The first-order valence-electron chi connectivity index (χ1n) is 5.86. The van der Waals surface area contributed by atoms with Crippen molar-refractivity contribution >= 4 is 23.2 Å².